The number of hydrogen-bond acceptors (Lipinski definition) is 6. The zero-order valence-corrected chi connectivity index (χ0v) is 16.8. The monoisotopic (exact) mass is 362 g/mol. The Morgan fingerprint density at radius 1 is 1.23 bits per heavy atom. The van der Waals surface area contributed by atoms with Crippen molar-refractivity contribution in [3.8, 4) is 0 Å². The molecule has 2 aliphatic heterocycles. The number of aromatic nitrogens is 2. The van der Waals surface area contributed by atoms with E-state index in [1.807, 2.05) is 13.1 Å². The molecule has 26 heavy (non-hydrogen) atoms. The Morgan fingerprint density at radius 2 is 1.96 bits per heavy atom. The summed E-state index contributed by atoms with van der Waals surface area (Å²) in [5.74, 6) is 1.87. The number of aryl methyl sites for hydroxylation is 2. The van der Waals surface area contributed by atoms with Crippen molar-refractivity contribution in [2.24, 2.45) is 5.41 Å². The maximum absolute atomic E-state index is 11.5. The first-order valence-electron chi connectivity index (χ1n) is 9.94. The highest BCUT2D eigenvalue weighted by Gasteiger charge is 2.49. The average molecular weight is 363 g/mol. The molecule has 3 rings (SSSR count). The van der Waals surface area contributed by atoms with Crippen LogP contribution in [0.4, 0.5) is 5.82 Å². The first-order valence-corrected chi connectivity index (χ1v) is 9.94. The molecule has 2 fully saturated rings. The van der Waals surface area contributed by atoms with Gasteiger partial charge in [0.25, 0.3) is 0 Å². The molecule has 146 valence electrons. The fraction of sp³-hybridized carbons (Fsp3) is 0.800. The molecule has 1 N–H and O–H groups in total. The standard InChI is InChI=1S/C20H34N4O2/c1-5-6-17-13-21-16(2)22-18(17)24-8-7-20(25,19(3,4)14-24)15-23-9-11-26-12-10-23/h13,25H,5-12,14-15H2,1-4H3. The van der Waals surface area contributed by atoms with Crippen molar-refractivity contribution in [3.05, 3.63) is 17.6 Å². The lowest BCUT2D eigenvalue weighted by atomic mass is 9.69. The van der Waals surface area contributed by atoms with Crippen LogP contribution in [-0.4, -0.2) is 71.5 Å². The van der Waals surface area contributed by atoms with Gasteiger partial charge < -0.3 is 14.7 Å². The van der Waals surface area contributed by atoms with Gasteiger partial charge in [0, 0.05) is 49.9 Å². The topological polar surface area (TPSA) is 61.7 Å². The summed E-state index contributed by atoms with van der Waals surface area (Å²) >= 11 is 0. The van der Waals surface area contributed by atoms with E-state index in [0.717, 1.165) is 76.8 Å². The summed E-state index contributed by atoms with van der Waals surface area (Å²) in [7, 11) is 0. The smallest absolute Gasteiger partial charge is 0.135 e. The lowest BCUT2D eigenvalue weighted by Crippen LogP contribution is -2.62. The van der Waals surface area contributed by atoms with Crippen LogP contribution in [0.2, 0.25) is 0 Å². The van der Waals surface area contributed by atoms with Gasteiger partial charge in [0.2, 0.25) is 0 Å². The summed E-state index contributed by atoms with van der Waals surface area (Å²) in [6.07, 6.45) is 4.80. The quantitative estimate of drug-likeness (QED) is 0.865. The van der Waals surface area contributed by atoms with Crippen molar-refractivity contribution in [1.29, 1.82) is 0 Å². The predicted molar refractivity (Wildman–Crippen MR) is 104 cm³/mol. The van der Waals surface area contributed by atoms with E-state index in [1.54, 1.807) is 0 Å². The van der Waals surface area contributed by atoms with Crippen molar-refractivity contribution in [1.82, 2.24) is 14.9 Å². The number of nitrogens with zero attached hydrogens (tertiary/aromatic N) is 4. The Labute approximate surface area is 157 Å². The van der Waals surface area contributed by atoms with Crippen molar-refractivity contribution in [3.63, 3.8) is 0 Å². The van der Waals surface area contributed by atoms with Crippen molar-refractivity contribution >= 4 is 5.82 Å². The molecule has 0 saturated carbocycles. The van der Waals surface area contributed by atoms with Gasteiger partial charge in [0.1, 0.15) is 11.6 Å². The molecule has 0 aliphatic carbocycles. The number of rotatable bonds is 5. The number of piperidine rings is 1. The van der Waals surface area contributed by atoms with Crippen LogP contribution in [0.5, 0.6) is 0 Å². The first kappa shape index (κ1) is 19.5. The maximum atomic E-state index is 11.5. The Bertz CT molecular complexity index is 616. The van der Waals surface area contributed by atoms with Crippen LogP contribution in [0.1, 0.15) is 45.0 Å². The van der Waals surface area contributed by atoms with Gasteiger partial charge in [-0.1, -0.05) is 27.2 Å². The summed E-state index contributed by atoms with van der Waals surface area (Å²) in [6, 6.07) is 0. The third-order valence-electron chi connectivity index (χ3n) is 6.01. The lowest BCUT2D eigenvalue weighted by molar-refractivity contribution is -0.111. The first-order chi connectivity index (χ1) is 12.3. The highest BCUT2D eigenvalue weighted by Crippen LogP contribution is 2.41. The minimum absolute atomic E-state index is 0.216. The molecule has 0 bridgehead atoms. The molecule has 0 spiro atoms. The molecule has 0 radical (unpaired) electrons. The van der Waals surface area contributed by atoms with Gasteiger partial charge in [0.05, 0.1) is 18.8 Å². The summed E-state index contributed by atoms with van der Waals surface area (Å²) in [5, 5.41) is 11.5. The highest BCUT2D eigenvalue weighted by molar-refractivity contribution is 5.47. The predicted octanol–water partition coefficient (Wildman–Crippen LogP) is 2.04. The summed E-state index contributed by atoms with van der Waals surface area (Å²) < 4.78 is 5.45. The van der Waals surface area contributed by atoms with Crippen LogP contribution >= 0.6 is 0 Å². The fourth-order valence-electron chi connectivity index (χ4n) is 4.17. The molecule has 0 amide bonds. The number of aliphatic hydroxyl groups is 1. The second-order valence-electron chi connectivity index (χ2n) is 8.49. The van der Waals surface area contributed by atoms with Crippen LogP contribution in [0.25, 0.3) is 0 Å². The van der Waals surface area contributed by atoms with Crippen molar-refractivity contribution < 1.29 is 9.84 Å². The number of ether oxygens (including phenoxy) is 1. The normalized spacial score (nSPS) is 26.9. The van der Waals surface area contributed by atoms with Gasteiger partial charge in [0.15, 0.2) is 0 Å². The Balaban J connectivity index is 1.77. The molecule has 2 saturated heterocycles. The molecule has 0 aromatic carbocycles. The second kappa shape index (κ2) is 7.79. The highest BCUT2D eigenvalue weighted by atomic mass is 16.5. The zero-order valence-electron chi connectivity index (χ0n) is 16.8. The van der Waals surface area contributed by atoms with Crippen LogP contribution in [0.3, 0.4) is 0 Å². The lowest BCUT2D eigenvalue weighted by Gasteiger charge is -2.52. The molecule has 1 atom stereocenters. The van der Waals surface area contributed by atoms with Gasteiger partial charge in [-0.15, -0.1) is 0 Å². The SMILES string of the molecule is CCCc1cnc(C)nc1N1CCC(O)(CN2CCOCC2)C(C)(C)C1. The minimum atomic E-state index is -0.687. The summed E-state index contributed by atoms with van der Waals surface area (Å²) in [6.45, 7) is 14.2. The van der Waals surface area contributed by atoms with Crippen molar-refractivity contribution in [2.75, 3.05) is 50.8 Å². The zero-order chi connectivity index (χ0) is 18.8. The van der Waals surface area contributed by atoms with Crippen molar-refractivity contribution in [2.45, 2.75) is 52.6 Å². The Kier molecular flexibility index (Phi) is 5.85. The van der Waals surface area contributed by atoms with Crippen LogP contribution < -0.4 is 4.90 Å². The summed E-state index contributed by atoms with van der Waals surface area (Å²) in [5.41, 5.74) is 0.312. The second-order valence-corrected chi connectivity index (χ2v) is 8.49. The number of anilines is 1. The third kappa shape index (κ3) is 4.02. The van der Waals surface area contributed by atoms with E-state index in [9.17, 15) is 5.11 Å². The van der Waals surface area contributed by atoms with E-state index in [-0.39, 0.29) is 5.41 Å². The van der Waals surface area contributed by atoms with Gasteiger partial charge in [-0.3, -0.25) is 4.90 Å². The average Bonchev–Trinajstić information content (AvgIpc) is 2.60. The molecule has 1 aromatic rings. The number of hydrogen-bond donors (Lipinski definition) is 1. The molecule has 6 nitrogen and oxygen atoms in total. The van der Waals surface area contributed by atoms with Gasteiger partial charge in [-0.05, 0) is 19.8 Å². The van der Waals surface area contributed by atoms with Gasteiger partial charge in [-0.2, -0.15) is 0 Å². The third-order valence-corrected chi connectivity index (χ3v) is 6.01. The largest absolute Gasteiger partial charge is 0.388 e. The minimum Gasteiger partial charge on any atom is -0.388 e. The van der Waals surface area contributed by atoms with E-state index < -0.39 is 5.60 Å². The summed E-state index contributed by atoms with van der Waals surface area (Å²) in [4.78, 5) is 13.8. The van der Waals surface area contributed by atoms with E-state index in [2.05, 4.69) is 35.6 Å². The van der Waals surface area contributed by atoms with Gasteiger partial charge in [-0.25, -0.2) is 9.97 Å². The molecule has 2 aliphatic rings. The molecule has 3 heterocycles. The molecule has 1 aromatic heterocycles. The Morgan fingerprint density at radius 3 is 2.62 bits per heavy atom. The van der Waals surface area contributed by atoms with E-state index >= 15 is 0 Å². The Hall–Kier alpha value is -1.24. The fourth-order valence-corrected chi connectivity index (χ4v) is 4.17. The molecule has 1 unspecified atom stereocenters. The molecular formula is C20H34N4O2. The van der Waals surface area contributed by atoms with Gasteiger partial charge >= 0.3 is 0 Å². The van der Waals surface area contributed by atoms with Crippen LogP contribution in [-0.2, 0) is 11.2 Å². The van der Waals surface area contributed by atoms with E-state index in [0.29, 0.717) is 0 Å². The number of β-amino-alcohol motifs (C(OH)–C–C–N with tert-alkyl or cyclic N) is 1. The maximum Gasteiger partial charge on any atom is 0.135 e. The van der Waals surface area contributed by atoms with Crippen LogP contribution in [0, 0.1) is 12.3 Å². The van der Waals surface area contributed by atoms with E-state index in [4.69, 9.17) is 9.72 Å². The molecule has 6 heteroatoms. The van der Waals surface area contributed by atoms with E-state index in [1.165, 1.54) is 5.56 Å². The molecular weight excluding hydrogens is 328 g/mol. The van der Waals surface area contributed by atoms with Crippen LogP contribution in [0.15, 0.2) is 6.20 Å². The number of morpholine rings is 1.